The summed E-state index contributed by atoms with van der Waals surface area (Å²) in [6.07, 6.45) is 0. The zero-order valence-corrected chi connectivity index (χ0v) is 45.9. The maximum atomic E-state index is 6.96. The highest BCUT2D eigenvalue weighted by Gasteiger charge is 2.33. The van der Waals surface area contributed by atoms with Gasteiger partial charge in [0.15, 0.2) is 0 Å². The summed E-state index contributed by atoms with van der Waals surface area (Å²) in [6.45, 7) is 0. The minimum atomic E-state index is 0.825. The van der Waals surface area contributed by atoms with E-state index in [1.807, 2.05) is 0 Å². The molecule has 0 amide bonds. The van der Waals surface area contributed by atoms with Gasteiger partial charge in [0.05, 0.1) is 46.4 Å². The summed E-state index contributed by atoms with van der Waals surface area (Å²) in [5, 5.41) is 7.02. The molecule has 0 aliphatic carbocycles. The van der Waals surface area contributed by atoms with Gasteiger partial charge < -0.3 is 34.1 Å². The fraction of sp³-hybridized carbons (Fsp3) is 0. The quantitative estimate of drug-likeness (QED) is 0.153. The summed E-state index contributed by atoms with van der Waals surface area (Å²) in [5.41, 5.74) is 16.0. The Hall–Kier alpha value is -9.71. The first kappa shape index (κ1) is 46.1. The predicted molar refractivity (Wildman–Crippen MR) is 337 cm³/mol. The zero-order valence-electron chi connectivity index (χ0n) is 43.4. The Labute approximate surface area is 482 Å². The van der Waals surface area contributed by atoms with Crippen LogP contribution in [0.5, 0.6) is 34.5 Å². The van der Waals surface area contributed by atoms with E-state index in [1.165, 1.54) is 32.3 Å². The van der Waals surface area contributed by atoms with E-state index in [0.717, 1.165) is 147 Å². The molecule has 6 heterocycles. The van der Waals surface area contributed by atoms with Crippen molar-refractivity contribution in [1.29, 1.82) is 0 Å². The van der Waals surface area contributed by atoms with Crippen LogP contribution in [0, 0.1) is 0 Å². The summed E-state index contributed by atoms with van der Waals surface area (Å²) in [6, 6.07) is 84.3. The Morgan fingerprint density at radius 1 is 0.232 bits per heavy atom. The van der Waals surface area contributed by atoms with E-state index < -0.39 is 0 Å². The fourth-order valence-electron chi connectivity index (χ4n) is 12.7. The van der Waals surface area contributed by atoms with Crippen molar-refractivity contribution in [3.63, 3.8) is 0 Å². The van der Waals surface area contributed by atoms with E-state index in [1.54, 1.807) is 35.3 Å². The molecule has 386 valence electrons. The van der Waals surface area contributed by atoms with Crippen LogP contribution in [-0.4, -0.2) is 15.0 Å². The molecule has 7 nitrogen and oxygen atoms in total. The Balaban J connectivity index is 0.851. The number of rotatable bonds is 6. The van der Waals surface area contributed by atoms with Gasteiger partial charge in [-0.3, -0.25) is 0 Å². The van der Waals surface area contributed by atoms with Crippen LogP contribution in [0.3, 0.4) is 0 Å². The van der Waals surface area contributed by atoms with Crippen LogP contribution in [-0.2, 0) is 0 Å². The summed E-state index contributed by atoms with van der Waals surface area (Å²) >= 11 is 5.36. The molecular weight excluding hydrogens is 1070 g/mol. The van der Waals surface area contributed by atoms with Crippen molar-refractivity contribution in [3.05, 3.63) is 237 Å². The van der Waals surface area contributed by atoms with Gasteiger partial charge in [0.25, 0.3) is 0 Å². The molecule has 0 saturated heterocycles. The van der Waals surface area contributed by atoms with Gasteiger partial charge in [-0.05, 0) is 91.0 Å². The lowest BCUT2D eigenvalue weighted by atomic mass is 9.96. The van der Waals surface area contributed by atoms with Crippen molar-refractivity contribution in [2.45, 2.75) is 29.4 Å². The summed E-state index contributed by atoms with van der Waals surface area (Å²) in [7, 11) is 0. The first-order valence-electron chi connectivity index (χ1n) is 27.3. The summed E-state index contributed by atoms with van der Waals surface area (Å²) in [5.74, 6) is 5.04. The smallest absolute Gasteiger partial charge is 0.142 e. The standard InChI is InChI=1S/C72H42N4O3S3/c1-7-25-49-46(19-1)64-52(73-49)34-37-61-70(64)80-67-43(22-13-31-58(67)77-61)40-16-4-10-28-55(40)76(56-29-11-5-17-41(56)44-23-14-32-59-68(44)81-71-62(78-59)38-35-53-65(71)47-20-2-8-26-50(47)74-53)57-30-12-6-18-42(57)45-24-15-33-60-69(45)82-72-63(79-60)39-36-54-66(72)48-21-3-9-27-51(48)75-54/h1-39,73-75H. The number of H-pyrrole nitrogens is 3. The lowest BCUT2D eigenvalue weighted by Crippen LogP contribution is -2.14. The minimum Gasteiger partial charge on any atom is -0.455 e. The highest BCUT2D eigenvalue weighted by molar-refractivity contribution is 8.00. The van der Waals surface area contributed by atoms with E-state index >= 15 is 0 Å². The summed E-state index contributed by atoms with van der Waals surface area (Å²) in [4.78, 5) is 20.0. The third-order valence-electron chi connectivity index (χ3n) is 16.3. The second kappa shape index (κ2) is 17.9. The van der Waals surface area contributed by atoms with Crippen molar-refractivity contribution in [2.75, 3.05) is 4.90 Å². The van der Waals surface area contributed by atoms with Gasteiger partial charge in [-0.15, -0.1) is 0 Å². The van der Waals surface area contributed by atoms with Crippen molar-refractivity contribution in [3.8, 4) is 67.9 Å². The van der Waals surface area contributed by atoms with Crippen LogP contribution in [0.25, 0.3) is 98.8 Å². The maximum Gasteiger partial charge on any atom is 0.142 e. The Kier molecular flexibility index (Phi) is 10.1. The second-order valence-corrected chi connectivity index (χ2v) is 23.9. The average molecular weight is 1110 g/mol. The monoisotopic (exact) mass is 1110 g/mol. The first-order valence-corrected chi connectivity index (χ1v) is 29.7. The Bertz CT molecular complexity index is 4720. The SMILES string of the molecule is c1ccc(N(c2ccccc2-c2cccc3c2Sc2c(ccc4[nH]c5ccccc5c24)O3)c2ccccc2-c2cccc3c2Sc2c(ccc4[nH]c5ccccc5c24)O3)c(-c2cccc3c2Sc2c(ccc4[nH]c5ccccc5c24)O3)c1. The first-order chi connectivity index (χ1) is 40.6. The van der Waals surface area contributed by atoms with Crippen LogP contribution in [0.15, 0.2) is 266 Å². The minimum absolute atomic E-state index is 0.825. The van der Waals surface area contributed by atoms with Crippen LogP contribution in [0.1, 0.15) is 0 Å². The lowest BCUT2D eigenvalue weighted by molar-refractivity contribution is 0.456. The van der Waals surface area contributed by atoms with Crippen molar-refractivity contribution in [1.82, 2.24) is 15.0 Å². The molecular formula is C72H42N4O3S3. The van der Waals surface area contributed by atoms with Gasteiger partial charge in [0.2, 0.25) is 0 Å². The number of fused-ring (bicyclic) bond motifs is 18. The molecule has 10 heteroatoms. The number of benzene rings is 12. The van der Waals surface area contributed by atoms with Gasteiger partial charge in [-0.2, -0.15) is 0 Å². The van der Waals surface area contributed by atoms with Gasteiger partial charge in [-0.1, -0.05) is 181 Å². The molecule has 82 heavy (non-hydrogen) atoms. The van der Waals surface area contributed by atoms with Gasteiger partial charge in [0, 0.05) is 98.8 Å². The molecule has 3 aliphatic heterocycles. The van der Waals surface area contributed by atoms with E-state index in [2.05, 4.69) is 256 Å². The molecule has 18 rings (SSSR count). The number of nitrogens with one attached hydrogen (secondary N) is 3. The highest BCUT2D eigenvalue weighted by Crippen LogP contribution is 2.60. The van der Waals surface area contributed by atoms with Crippen LogP contribution >= 0.6 is 35.3 Å². The normalized spacial score (nSPS) is 13.0. The molecule has 15 aromatic rings. The number of hydrogen-bond acceptors (Lipinski definition) is 7. The second-order valence-electron chi connectivity index (χ2n) is 20.9. The number of aromatic amines is 3. The number of para-hydroxylation sites is 6. The number of nitrogens with zero attached hydrogens (tertiary/aromatic N) is 1. The molecule has 0 saturated carbocycles. The Morgan fingerprint density at radius 2 is 0.512 bits per heavy atom. The molecule has 3 aliphatic rings. The highest BCUT2D eigenvalue weighted by atomic mass is 32.2. The number of aromatic nitrogens is 3. The molecule has 0 fully saturated rings. The van der Waals surface area contributed by atoms with Crippen LogP contribution in [0.2, 0.25) is 0 Å². The van der Waals surface area contributed by atoms with Crippen molar-refractivity contribution < 1.29 is 14.2 Å². The van der Waals surface area contributed by atoms with Gasteiger partial charge in [0.1, 0.15) is 34.5 Å². The van der Waals surface area contributed by atoms with E-state index in [4.69, 9.17) is 14.2 Å². The van der Waals surface area contributed by atoms with Gasteiger partial charge in [-0.25, -0.2) is 0 Å². The van der Waals surface area contributed by atoms with E-state index in [0.29, 0.717) is 0 Å². The zero-order chi connectivity index (χ0) is 53.6. The van der Waals surface area contributed by atoms with Gasteiger partial charge >= 0.3 is 0 Å². The molecule has 3 N–H and O–H groups in total. The molecule has 0 radical (unpaired) electrons. The number of anilines is 3. The maximum absolute atomic E-state index is 6.96. The third-order valence-corrected chi connectivity index (χ3v) is 20.0. The molecule has 0 spiro atoms. The average Bonchev–Trinajstić information content (AvgIpc) is 4.39. The molecule has 0 unspecified atom stereocenters. The lowest BCUT2D eigenvalue weighted by Gasteiger charge is -2.33. The third kappa shape index (κ3) is 6.89. The predicted octanol–water partition coefficient (Wildman–Crippen LogP) is 21.8. The molecule has 12 aromatic carbocycles. The van der Waals surface area contributed by atoms with E-state index in [-0.39, 0.29) is 0 Å². The topological polar surface area (TPSA) is 78.3 Å². The largest absolute Gasteiger partial charge is 0.455 e. The van der Waals surface area contributed by atoms with Crippen molar-refractivity contribution >= 4 is 118 Å². The molecule has 3 aromatic heterocycles. The number of hydrogen-bond donors (Lipinski definition) is 3. The summed E-state index contributed by atoms with van der Waals surface area (Å²) < 4.78 is 20.9. The fourth-order valence-corrected chi connectivity index (χ4v) is 16.4. The Morgan fingerprint density at radius 3 is 0.854 bits per heavy atom. The van der Waals surface area contributed by atoms with Crippen LogP contribution < -0.4 is 19.1 Å². The van der Waals surface area contributed by atoms with E-state index in [9.17, 15) is 0 Å². The molecule has 0 bridgehead atoms. The van der Waals surface area contributed by atoms with Crippen LogP contribution in [0.4, 0.5) is 17.1 Å². The number of ether oxygens (including phenoxy) is 3. The molecule has 0 atom stereocenters. The van der Waals surface area contributed by atoms with Crippen molar-refractivity contribution in [2.24, 2.45) is 0 Å².